The minimum Gasteiger partial charge on any atom is -0.462 e. The molecule has 0 bridgehead atoms. The van der Waals surface area contributed by atoms with Gasteiger partial charge in [0.2, 0.25) is 0 Å². The fraction of sp³-hybridized carbons (Fsp3) is 0.370. The van der Waals surface area contributed by atoms with Crippen molar-refractivity contribution in [3.8, 4) is 0 Å². The van der Waals surface area contributed by atoms with E-state index in [9.17, 15) is 14.4 Å². The van der Waals surface area contributed by atoms with Crippen molar-refractivity contribution in [2.24, 2.45) is 0 Å². The monoisotopic (exact) mass is 510 g/mol. The van der Waals surface area contributed by atoms with Gasteiger partial charge in [-0.2, -0.15) is 0 Å². The van der Waals surface area contributed by atoms with Gasteiger partial charge >= 0.3 is 5.97 Å². The third-order valence-electron chi connectivity index (χ3n) is 6.37. The maximum absolute atomic E-state index is 13.7. The minimum atomic E-state index is -0.624. The van der Waals surface area contributed by atoms with Crippen molar-refractivity contribution in [3.63, 3.8) is 0 Å². The molecule has 4 rings (SSSR count). The second kappa shape index (κ2) is 11.1. The summed E-state index contributed by atoms with van der Waals surface area (Å²) in [5.74, 6) is -0.692. The van der Waals surface area contributed by atoms with E-state index in [1.807, 2.05) is 48.2 Å². The number of esters is 1. The van der Waals surface area contributed by atoms with Crippen molar-refractivity contribution in [1.29, 1.82) is 0 Å². The number of aromatic nitrogens is 1. The zero-order valence-electron chi connectivity index (χ0n) is 20.9. The molecule has 0 atom stereocenters. The first-order valence-corrected chi connectivity index (χ1v) is 12.5. The molecule has 0 aliphatic carbocycles. The van der Waals surface area contributed by atoms with Gasteiger partial charge in [-0.1, -0.05) is 29.8 Å². The number of fused-ring (bicyclic) bond motifs is 1. The van der Waals surface area contributed by atoms with E-state index >= 15 is 0 Å². The first-order valence-electron chi connectivity index (χ1n) is 12.1. The summed E-state index contributed by atoms with van der Waals surface area (Å²) in [7, 11) is 3.89. The van der Waals surface area contributed by atoms with E-state index < -0.39 is 5.97 Å². The lowest BCUT2D eigenvalue weighted by Gasteiger charge is -2.37. The van der Waals surface area contributed by atoms with Crippen molar-refractivity contribution >= 4 is 40.1 Å². The van der Waals surface area contributed by atoms with Crippen molar-refractivity contribution in [2.75, 3.05) is 58.3 Å². The molecule has 36 heavy (non-hydrogen) atoms. The molecular formula is C27H31ClN4O4. The molecule has 1 saturated heterocycles. The number of pyridine rings is 1. The number of benzene rings is 2. The standard InChI is InChI=1S/C27H31ClN4O4/c1-4-36-27(35)23-24(21-7-5-6-8-22(21)32(26(23)34)18-13-29(2)3)30-14-16-31(17-15-30)25(33)19-9-11-20(28)12-10-19/h5-12H,4,13-18H2,1-3H3. The number of likely N-dealkylation sites (N-methyl/N-ethyl adjacent to an activating group) is 1. The number of halogens is 1. The predicted octanol–water partition coefficient (Wildman–Crippen LogP) is 3.36. The molecule has 9 heteroatoms. The van der Waals surface area contributed by atoms with Crippen LogP contribution < -0.4 is 10.5 Å². The molecule has 0 spiro atoms. The Morgan fingerprint density at radius 2 is 1.67 bits per heavy atom. The zero-order valence-corrected chi connectivity index (χ0v) is 21.6. The molecule has 0 N–H and O–H groups in total. The maximum atomic E-state index is 13.7. The molecular weight excluding hydrogens is 480 g/mol. The summed E-state index contributed by atoms with van der Waals surface area (Å²) in [5.41, 5.74) is 1.62. The van der Waals surface area contributed by atoms with E-state index in [0.29, 0.717) is 55.5 Å². The molecule has 1 amide bonds. The van der Waals surface area contributed by atoms with E-state index in [2.05, 4.69) is 0 Å². The van der Waals surface area contributed by atoms with Crippen LogP contribution in [0.15, 0.2) is 53.3 Å². The number of ether oxygens (including phenoxy) is 1. The van der Waals surface area contributed by atoms with Crippen LogP contribution in [0.2, 0.25) is 5.02 Å². The summed E-state index contributed by atoms with van der Waals surface area (Å²) >= 11 is 5.96. The van der Waals surface area contributed by atoms with Crippen molar-refractivity contribution in [3.05, 3.63) is 75.0 Å². The van der Waals surface area contributed by atoms with Gasteiger partial charge < -0.3 is 24.0 Å². The highest BCUT2D eigenvalue weighted by molar-refractivity contribution is 6.30. The second-order valence-corrected chi connectivity index (χ2v) is 9.44. The number of rotatable bonds is 7. The van der Waals surface area contributed by atoms with Gasteiger partial charge in [0.1, 0.15) is 5.56 Å². The van der Waals surface area contributed by atoms with Crippen LogP contribution in [0, 0.1) is 0 Å². The summed E-state index contributed by atoms with van der Waals surface area (Å²) in [6.07, 6.45) is 0. The molecule has 1 aromatic heterocycles. The quantitative estimate of drug-likeness (QED) is 0.454. The molecule has 0 radical (unpaired) electrons. The first-order chi connectivity index (χ1) is 17.3. The number of amides is 1. The summed E-state index contributed by atoms with van der Waals surface area (Å²) < 4.78 is 6.99. The highest BCUT2D eigenvalue weighted by Gasteiger charge is 2.30. The van der Waals surface area contributed by atoms with Gasteiger partial charge in [-0.15, -0.1) is 0 Å². The number of piperazine rings is 1. The van der Waals surface area contributed by atoms with Crippen molar-refractivity contribution < 1.29 is 14.3 Å². The Morgan fingerprint density at radius 3 is 2.31 bits per heavy atom. The van der Waals surface area contributed by atoms with Crippen LogP contribution in [0.25, 0.3) is 10.9 Å². The molecule has 1 fully saturated rings. The van der Waals surface area contributed by atoms with Crippen LogP contribution in [0.3, 0.4) is 0 Å². The van der Waals surface area contributed by atoms with Crippen LogP contribution in [-0.2, 0) is 11.3 Å². The van der Waals surface area contributed by atoms with Gasteiger partial charge in [0, 0.05) is 55.2 Å². The maximum Gasteiger partial charge on any atom is 0.345 e. The molecule has 3 aromatic rings. The van der Waals surface area contributed by atoms with E-state index in [1.165, 1.54) is 0 Å². The molecule has 0 unspecified atom stereocenters. The Bertz CT molecular complexity index is 1310. The van der Waals surface area contributed by atoms with E-state index in [1.54, 1.807) is 40.7 Å². The summed E-state index contributed by atoms with van der Waals surface area (Å²) in [5, 5.41) is 1.39. The molecule has 190 valence electrons. The third-order valence-corrected chi connectivity index (χ3v) is 6.62. The van der Waals surface area contributed by atoms with Crippen LogP contribution in [0.4, 0.5) is 5.69 Å². The smallest absolute Gasteiger partial charge is 0.345 e. The minimum absolute atomic E-state index is 0.0479. The van der Waals surface area contributed by atoms with Crippen LogP contribution in [-0.4, -0.2) is 79.7 Å². The number of para-hydroxylation sites is 1. The van der Waals surface area contributed by atoms with Crippen LogP contribution in [0.5, 0.6) is 0 Å². The van der Waals surface area contributed by atoms with E-state index in [4.69, 9.17) is 16.3 Å². The molecule has 2 heterocycles. The fourth-order valence-electron chi connectivity index (χ4n) is 4.54. The number of carbonyl (C=O) groups is 2. The third kappa shape index (κ3) is 5.24. The van der Waals surface area contributed by atoms with Gasteiger partial charge in [0.05, 0.1) is 17.8 Å². The lowest BCUT2D eigenvalue weighted by Crippen LogP contribution is -2.49. The number of anilines is 1. The lowest BCUT2D eigenvalue weighted by atomic mass is 10.1. The summed E-state index contributed by atoms with van der Waals surface area (Å²) in [4.78, 5) is 45.6. The Morgan fingerprint density at radius 1 is 1.00 bits per heavy atom. The van der Waals surface area contributed by atoms with Crippen molar-refractivity contribution in [2.45, 2.75) is 13.5 Å². The highest BCUT2D eigenvalue weighted by atomic mass is 35.5. The molecule has 2 aromatic carbocycles. The first kappa shape index (κ1) is 25.7. The largest absolute Gasteiger partial charge is 0.462 e. The average molecular weight is 511 g/mol. The summed E-state index contributed by atoms with van der Waals surface area (Å²) in [6.45, 7) is 4.88. The number of hydrogen-bond acceptors (Lipinski definition) is 6. The fourth-order valence-corrected chi connectivity index (χ4v) is 4.66. The average Bonchev–Trinajstić information content (AvgIpc) is 2.87. The topological polar surface area (TPSA) is 75.1 Å². The zero-order chi connectivity index (χ0) is 25.8. The second-order valence-electron chi connectivity index (χ2n) is 9.01. The Hall–Kier alpha value is -3.36. The molecule has 8 nitrogen and oxygen atoms in total. The van der Waals surface area contributed by atoms with Gasteiger partial charge in [-0.05, 0) is 51.4 Å². The van der Waals surface area contributed by atoms with E-state index in [-0.39, 0.29) is 23.6 Å². The van der Waals surface area contributed by atoms with Crippen LogP contribution in [0.1, 0.15) is 27.6 Å². The molecule has 1 aliphatic rings. The van der Waals surface area contributed by atoms with Gasteiger partial charge in [0.15, 0.2) is 0 Å². The van der Waals surface area contributed by atoms with E-state index in [0.717, 1.165) is 10.9 Å². The van der Waals surface area contributed by atoms with Gasteiger partial charge in [-0.3, -0.25) is 9.59 Å². The number of nitrogens with zero attached hydrogens (tertiary/aromatic N) is 4. The SMILES string of the molecule is CCOC(=O)c1c(N2CCN(C(=O)c3ccc(Cl)cc3)CC2)c2ccccc2n(CCN(C)C)c1=O. The van der Waals surface area contributed by atoms with Crippen LogP contribution >= 0.6 is 11.6 Å². The summed E-state index contributed by atoms with van der Waals surface area (Å²) in [6, 6.07) is 14.5. The number of carbonyl (C=O) groups excluding carboxylic acids is 2. The highest BCUT2D eigenvalue weighted by Crippen LogP contribution is 2.31. The Labute approximate surface area is 215 Å². The Balaban J connectivity index is 1.71. The molecule has 0 saturated carbocycles. The number of hydrogen-bond donors (Lipinski definition) is 0. The lowest BCUT2D eigenvalue weighted by molar-refractivity contribution is 0.0523. The normalized spacial score (nSPS) is 13.9. The molecule has 1 aliphatic heterocycles. The van der Waals surface area contributed by atoms with Crippen molar-refractivity contribution in [1.82, 2.24) is 14.4 Å². The Kier molecular flexibility index (Phi) is 7.96. The van der Waals surface area contributed by atoms with Gasteiger partial charge in [-0.25, -0.2) is 4.79 Å². The van der Waals surface area contributed by atoms with Gasteiger partial charge in [0.25, 0.3) is 11.5 Å². The predicted molar refractivity (Wildman–Crippen MR) is 142 cm³/mol.